The smallest absolute Gasteiger partial charge is 0.294 e. The number of thiazole rings is 1. The maximum Gasteiger partial charge on any atom is 0.294 e. The molecule has 3 rings (SSSR count). The monoisotopic (exact) mass is 478 g/mol. The van der Waals surface area contributed by atoms with E-state index in [1.165, 1.54) is 0 Å². The summed E-state index contributed by atoms with van der Waals surface area (Å²) in [7, 11) is -8.00. The molecule has 0 radical (unpaired) electrons. The summed E-state index contributed by atoms with van der Waals surface area (Å²) >= 11 is -1.46. The summed E-state index contributed by atoms with van der Waals surface area (Å²) in [5, 5.41) is 2.90. The number of hydrogen-bond acceptors (Lipinski definition) is 9. The van der Waals surface area contributed by atoms with Crippen LogP contribution in [0.1, 0.15) is 0 Å². The van der Waals surface area contributed by atoms with Crippen molar-refractivity contribution in [2.45, 2.75) is 14.1 Å². The van der Waals surface area contributed by atoms with Crippen LogP contribution in [-0.2, 0) is 31.0 Å². The van der Waals surface area contributed by atoms with E-state index < -0.39 is 35.9 Å². The van der Waals surface area contributed by atoms with Gasteiger partial charge in [0.1, 0.15) is 5.75 Å². The second kappa shape index (κ2) is 7.97. The zero-order chi connectivity index (χ0) is 21.4. The van der Waals surface area contributed by atoms with Crippen LogP contribution in [0.5, 0.6) is 5.75 Å². The molecule has 3 N–H and O–H groups in total. The third-order valence-electron chi connectivity index (χ3n) is 3.55. The normalized spacial score (nSPS) is 13.3. The highest BCUT2D eigenvalue weighted by Crippen LogP contribution is 2.28. The molecule has 0 fully saturated rings. The molecule has 0 amide bonds. The van der Waals surface area contributed by atoms with Crippen LogP contribution >= 0.6 is 11.3 Å². The van der Waals surface area contributed by atoms with Crippen LogP contribution in [0.3, 0.4) is 0 Å². The van der Waals surface area contributed by atoms with E-state index in [-0.39, 0.29) is 21.7 Å². The minimum absolute atomic E-state index is 0.00691. The molecule has 0 spiro atoms. The third-order valence-corrected chi connectivity index (χ3v) is 7.72. The van der Waals surface area contributed by atoms with E-state index in [1.54, 1.807) is 18.2 Å². The van der Waals surface area contributed by atoms with Gasteiger partial charge in [-0.15, -0.1) is 11.3 Å². The fraction of sp³-hybridized carbons (Fsp3) is 0.133. The molecular weight excluding hydrogens is 464 g/mol. The zero-order valence-corrected chi connectivity index (χ0v) is 17.9. The number of anilines is 1. The van der Waals surface area contributed by atoms with E-state index in [9.17, 15) is 25.6 Å². The number of nitrogens with zero attached hydrogens (tertiary/aromatic N) is 1. The minimum atomic E-state index is -4.59. The van der Waals surface area contributed by atoms with Crippen LogP contribution in [0.2, 0.25) is 0 Å². The predicted octanol–water partition coefficient (Wildman–Crippen LogP) is 1.98. The average molecular weight is 479 g/mol. The first-order chi connectivity index (χ1) is 13.4. The molecule has 0 saturated heterocycles. The molecule has 0 aliphatic carbocycles. The van der Waals surface area contributed by atoms with Gasteiger partial charge in [0.25, 0.3) is 10.1 Å². The van der Waals surface area contributed by atoms with Crippen molar-refractivity contribution in [2.24, 2.45) is 0 Å². The van der Waals surface area contributed by atoms with Crippen LogP contribution in [0.15, 0.2) is 50.5 Å². The summed E-state index contributed by atoms with van der Waals surface area (Å²) in [5.74, 6) is -0.0525. The van der Waals surface area contributed by atoms with Crippen LogP contribution in [0.4, 0.5) is 5.69 Å². The summed E-state index contributed by atoms with van der Waals surface area (Å²) in [6, 6.07) is 8.00. The molecule has 29 heavy (non-hydrogen) atoms. The fourth-order valence-electron chi connectivity index (χ4n) is 2.25. The first-order valence-corrected chi connectivity index (χ1v) is 12.9. The lowest BCUT2D eigenvalue weighted by Crippen LogP contribution is -2.10. The highest BCUT2D eigenvalue weighted by Gasteiger charge is 2.16. The maximum atomic E-state index is 11.6. The predicted molar refractivity (Wildman–Crippen MR) is 107 cm³/mol. The second-order valence-corrected chi connectivity index (χ2v) is 11.4. The van der Waals surface area contributed by atoms with Crippen LogP contribution < -0.4 is 10.1 Å². The van der Waals surface area contributed by atoms with Gasteiger partial charge >= 0.3 is 0 Å². The summed E-state index contributed by atoms with van der Waals surface area (Å²) in [6.45, 7) is -0.143. The van der Waals surface area contributed by atoms with Gasteiger partial charge in [0.2, 0.25) is 14.2 Å². The van der Waals surface area contributed by atoms with Crippen molar-refractivity contribution in [1.29, 1.82) is 0 Å². The molecule has 1 aromatic heterocycles. The number of rotatable bonds is 7. The van der Waals surface area contributed by atoms with Crippen molar-refractivity contribution in [1.82, 2.24) is 4.98 Å². The Labute approximate surface area is 172 Å². The second-order valence-electron chi connectivity index (χ2n) is 5.76. The molecule has 0 aliphatic heterocycles. The summed E-state index contributed by atoms with van der Waals surface area (Å²) in [4.78, 5) is 3.22. The zero-order valence-electron chi connectivity index (χ0n) is 14.6. The maximum absolute atomic E-state index is 11.6. The van der Waals surface area contributed by atoms with E-state index >= 15 is 0 Å². The van der Waals surface area contributed by atoms with Crippen LogP contribution in [0.25, 0.3) is 10.2 Å². The SMILES string of the molecule is CS(=O)(=O)c1nc2ccc(NCOc3cc(S(=O)O)cc(S(=O)(=O)O)c3)cc2s1. The topological polar surface area (TPSA) is 160 Å². The number of fused-ring (bicyclic) bond motifs is 1. The number of hydrogen-bond donors (Lipinski definition) is 3. The Morgan fingerprint density at radius 3 is 2.52 bits per heavy atom. The van der Waals surface area contributed by atoms with Crippen molar-refractivity contribution < 1.29 is 34.9 Å². The molecular formula is C15H14N2O8S4. The molecule has 14 heteroatoms. The van der Waals surface area contributed by atoms with Crippen LogP contribution in [-0.4, -0.2) is 48.1 Å². The van der Waals surface area contributed by atoms with Crippen molar-refractivity contribution in [3.63, 3.8) is 0 Å². The van der Waals surface area contributed by atoms with Crippen LogP contribution in [0, 0.1) is 0 Å². The number of sulfone groups is 1. The first kappa shape index (κ1) is 21.6. The summed E-state index contributed by atoms with van der Waals surface area (Å²) in [6.07, 6.45) is 1.08. The Bertz CT molecular complexity index is 1320. The van der Waals surface area contributed by atoms with Gasteiger partial charge in [-0.3, -0.25) is 4.55 Å². The van der Waals surface area contributed by atoms with E-state index in [1.807, 2.05) is 0 Å². The molecule has 2 aromatic carbocycles. The number of ether oxygens (including phenoxy) is 1. The van der Waals surface area contributed by atoms with E-state index in [2.05, 4.69) is 10.3 Å². The molecule has 0 bridgehead atoms. The van der Waals surface area contributed by atoms with Gasteiger partial charge in [-0.2, -0.15) is 8.42 Å². The van der Waals surface area contributed by atoms with Gasteiger partial charge in [0, 0.05) is 18.0 Å². The van der Waals surface area contributed by atoms with Gasteiger partial charge in [0.05, 0.1) is 20.0 Å². The van der Waals surface area contributed by atoms with Crippen molar-refractivity contribution >= 4 is 58.3 Å². The van der Waals surface area contributed by atoms with Gasteiger partial charge in [-0.25, -0.2) is 17.6 Å². The van der Waals surface area contributed by atoms with Gasteiger partial charge in [0.15, 0.2) is 17.8 Å². The Balaban J connectivity index is 1.77. The Morgan fingerprint density at radius 1 is 1.17 bits per heavy atom. The largest absolute Gasteiger partial charge is 0.473 e. The molecule has 156 valence electrons. The standard InChI is InChI=1S/C15H14N2O8S4/c1-28(20,21)15-17-13-3-2-9(4-14(13)26-15)16-8-25-10-5-11(27(18)19)7-12(6-10)29(22,23)24/h2-7,16H,8H2,1H3,(H,18,19)(H,22,23,24). The number of benzene rings is 2. The quantitative estimate of drug-likeness (QED) is 0.260. The molecule has 0 saturated carbocycles. The number of aromatic nitrogens is 1. The first-order valence-electron chi connectivity index (χ1n) is 7.64. The van der Waals surface area contributed by atoms with Gasteiger partial charge in [-0.05, 0) is 30.3 Å². The molecule has 1 atom stereocenters. The van der Waals surface area contributed by atoms with Gasteiger partial charge in [-0.1, -0.05) is 0 Å². The molecule has 0 aliphatic rings. The molecule has 1 heterocycles. The van der Waals surface area contributed by atoms with E-state index in [4.69, 9.17) is 9.29 Å². The minimum Gasteiger partial charge on any atom is -0.473 e. The lowest BCUT2D eigenvalue weighted by molar-refractivity contribution is 0.344. The fourth-order valence-corrected chi connectivity index (χ4v) is 5.19. The molecule has 3 aromatic rings. The van der Waals surface area contributed by atoms with Crippen molar-refractivity contribution in [3.05, 3.63) is 36.4 Å². The number of nitrogens with one attached hydrogen (secondary N) is 1. The molecule has 10 nitrogen and oxygen atoms in total. The van der Waals surface area contributed by atoms with E-state index in [0.717, 1.165) is 35.8 Å². The average Bonchev–Trinajstić information content (AvgIpc) is 3.04. The Kier molecular flexibility index (Phi) is 5.93. The molecule has 1 unspecified atom stereocenters. The highest BCUT2D eigenvalue weighted by atomic mass is 32.2. The van der Waals surface area contributed by atoms with Gasteiger partial charge < -0.3 is 14.6 Å². The summed E-state index contributed by atoms with van der Waals surface area (Å²) < 4.78 is 81.4. The Hall–Kier alpha value is -2.10. The third kappa shape index (κ3) is 5.29. The van der Waals surface area contributed by atoms with Crippen molar-refractivity contribution in [3.8, 4) is 5.75 Å². The summed E-state index contributed by atoms with van der Waals surface area (Å²) in [5.41, 5.74) is 1.11. The highest BCUT2D eigenvalue weighted by molar-refractivity contribution is 7.92. The lowest BCUT2D eigenvalue weighted by Gasteiger charge is -2.11. The Morgan fingerprint density at radius 2 is 1.90 bits per heavy atom. The van der Waals surface area contributed by atoms with Crippen molar-refractivity contribution in [2.75, 3.05) is 18.3 Å². The lowest BCUT2D eigenvalue weighted by atomic mass is 10.3. The van der Waals surface area contributed by atoms with E-state index in [0.29, 0.717) is 15.9 Å².